The second kappa shape index (κ2) is 58.2. The van der Waals surface area contributed by atoms with E-state index in [1.165, 1.54) is 231 Å². The number of esters is 3. The van der Waals surface area contributed by atoms with Crippen molar-refractivity contribution in [3.05, 3.63) is 36.5 Å². The van der Waals surface area contributed by atoms with Crippen molar-refractivity contribution >= 4 is 17.9 Å². The highest BCUT2D eigenvalue weighted by molar-refractivity contribution is 5.71. The SMILES string of the molecule is CCCCC/C=C\C=C/CCCCCCCCCCCCC(=O)OCC(COC(=O)CCCCCCCCC/C=C\CCCCCC)OC(=O)CCCCCCCCCCCCCCCCCCC. The normalized spacial score (nSPS) is 12.2. The first-order valence-corrected chi connectivity index (χ1v) is 30.5. The molecule has 0 aromatic rings. The van der Waals surface area contributed by atoms with Crippen LogP contribution in [0.3, 0.4) is 0 Å². The highest BCUT2D eigenvalue weighted by atomic mass is 16.6. The number of hydrogen-bond acceptors (Lipinski definition) is 6. The molecule has 0 aliphatic heterocycles. The first-order valence-electron chi connectivity index (χ1n) is 30.5. The Morgan fingerprint density at radius 2 is 0.522 bits per heavy atom. The summed E-state index contributed by atoms with van der Waals surface area (Å²) >= 11 is 0. The van der Waals surface area contributed by atoms with E-state index in [-0.39, 0.29) is 31.1 Å². The van der Waals surface area contributed by atoms with Gasteiger partial charge in [0.1, 0.15) is 13.2 Å². The monoisotopic (exact) mass is 969 g/mol. The summed E-state index contributed by atoms with van der Waals surface area (Å²) in [5, 5.41) is 0. The molecule has 0 saturated heterocycles. The lowest BCUT2D eigenvalue weighted by Gasteiger charge is -2.18. The molecule has 0 N–H and O–H groups in total. The number of hydrogen-bond donors (Lipinski definition) is 0. The van der Waals surface area contributed by atoms with Crippen molar-refractivity contribution in [3.63, 3.8) is 0 Å². The van der Waals surface area contributed by atoms with Crippen molar-refractivity contribution in [3.8, 4) is 0 Å². The van der Waals surface area contributed by atoms with E-state index in [9.17, 15) is 14.4 Å². The number of carbonyl (C=O) groups is 3. The molecular formula is C63H116O6. The van der Waals surface area contributed by atoms with Crippen LogP contribution in [0.15, 0.2) is 36.5 Å². The van der Waals surface area contributed by atoms with Crippen molar-refractivity contribution in [2.24, 2.45) is 0 Å². The van der Waals surface area contributed by atoms with Crippen LogP contribution in [0, 0.1) is 0 Å². The lowest BCUT2D eigenvalue weighted by atomic mass is 10.0. The second-order valence-electron chi connectivity index (χ2n) is 20.6. The molecule has 0 spiro atoms. The van der Waals surface area contributed by atoms with Gasteiger partial charge in [0, 0.05) is 19.3 Å². The molecule has 0 rings (SSSR count). The van der Waals surface area contributed by atoms with Gasteiger partial charge in [-0.25, -0.2) is 0 Å². The van der Waals surface area contributed by atoms with E-state index in [0.29, 0.717) is 19.3 Å². The molecule has 6 nitrogen and oxygen atoms in total. The zero-order valence-corrected chi connectivity index (χ0v) is 46.3. The van der Waals surface area contributed by atoms with Crippen LogP contribution >= 0.6 is 0 Å². The number of carbonyl (C=O) groups excluding carboxylic acids is 3. The zero-order valence-electron chi connectivity index (χ0n) is 46.3. The molecule has 0 heterocycles. The van der Waals surface area contributed by atoms with Crippen molar-refractivity contribution in [2.45, 2.75) is 335 Å². The fourth-order valence-corrected chi connectivity index (χ4v) is 9.02. The summed E-state index contributed by atoms with van der Waals surface area (Å²) in [7, 11) is 0. The van der Waals surface area contributed by atoms with E-state index in [0.717, 1.165) is 57.8 Å². The summed E-state index contributed by atoms with van der Waals surface area (Å²) in [5.74, 6) is -0.857. The van der Waals surface area contributed by atoms with Crippen molar-refractivity contribution < 1.29 is 28.6 Å². The van der Waals surface area contributed by atoms with Gasteiger partial charge in [-0.3, -0.25) is 14.4 Å². The van der Waals surface area contributed by atoms with Crippen LogP contribution in [-0.2, 0) is 28.6 Å². The molecular weight excluding hydrogens is 853 g/mol. The number of allylic oxidation sites excluding steroid dienone is 6. The molecule has 0 aliphatic rings. The van der Waals surface area contributed by atoms with Crippen LogP contribution in [0.2, 0.25) is 0 Å². The first kappa shape index (κ1) is 66.6. The topological polar surface area (TPSA) is 78.9 Å². The highest BCUT2D eigenvalue weighted by Gasteiger charge is 2.19. The molecule has 0 radical (unpaired) electrons. The van der Waals surface area contributed by atoms with Crippen LogP contribution in [-0.4, -0.2) is 37.2 Å². The van der Waals surface area contributed by atoms with Crippen LogP contribution in [0.5, 0.6) is 0 Å². The Labute approximate surface area is 429 Å². The smallest absolute Gasteiger partial charge is 0.306 e. The van der Waals surface area contributed by atoms with Gasteiger partial charge < -0.3 is 14.2 Å². The summed E-state index contributed by atoms with van der Waals surface area (Å²) in [4.78, 5) is 38.2. The fraction of sp³-hybridized carbons (Fsp3) is 0.857. The standard InChI is InChI=1S/C63H116O6/c1-4-7-10-13-16-19-22-25-28-30-31-33-35-38-41-44-47-50-53-56-62(65)68-59-60(58-67-61(64)55-52-49-46-43-40-37-34-27-24-21-18-15-12-9-6-3)69-63(66)57-54-51-48-45-42-39-36-32-29-26-23-20-17-14-11-8-5-2/h16,19,21-22,24-25,60H,4-15,17-18,20,23,26-59H2,1-3H3/b19-16-,24-21-,25-22-. The molecule has 0 amide bonds. The Bertz CT molecular complexity index is 1160. The van der Waals surface area contributed by atoms with Crippen LogP contribution in [0.25, 0.3) is 0 Å². The van der Waals surface area contributed by atoms with E-state index < -0.39 is 6.10 Å². The molecule has 6 heteroatoms. The van der Waals surface area contributed by atoms with Gasteiger partial charge in [0.25, 0.3) is 0 Å². The maximum Gasteiger partial charge on any atom is 0.306 e. The van der Waals surface area contributed by atoms with E-state index in [4.69, 9.17) is 14.2 Å². The Balaban J connectivity index is 4.33. The van der Waals surface area contributed by atoms with Crippen LogP contribution in [0.1, 0.15) is 329 Å². The quantitative estimate of drug-likeness (QED) is 0.0199. The average Bonchev–Trinajstić information content (AvgIpc) is 3.35. The molecule has 404 valence electrons. The zero-order chi connectivity index (χ0) is 50.0. The van der Waals surface area contributed by atoms with Crippen LogP contribution in [0.4, 0.5) is 0 Å². The molecule has 69 heavy (non-hydrogen) atoms. The molecule has 0 bridgehead atoms. The van der Waals surface area contributed by atoms with Gasteiger partial charge >= 0.3 is 17.9 Å². The molecule has 0 saturated carbocycles. The third-order valence-electron chi connectivity index (χ3n) is 13.6. The van der Waals surface area contributed by atoms with Crippen molar-refractivity contribution in [1.29, 1.82) is 0 Å². The van der Waals surface area contributed by atoms with Crippen molar-refractivity contribution in [1.82, 2.24) is 0 Å². The van der Waals surface area contributed by atoms with Crippen LogP contribution < -0.4 is 0 Å². The minimum atomic E-state index is -0.772. The van der Waals surface area contributed by atoms with Gasteiger partial charge in [-0.05, 0) is 70.6 Å². The predicted octanol–water partition coefficient (Wildman–Crippen LogP) is 20.4. The summed E-state index contributed by atoms with van der Waals surface area (Å²) in [5.41, 5.74) is 0. The average molecular weight is 970 g/mol. The van der Waals surface area contributed by atoms with Gasteiger partial charge in [-0.2, -0.15) is 0 Å². The summed E-state index contributed by atoms with van der Waals surface area (Å²) in [6.45, 7) is 6.65. The van der Waals surface area contributed by atoms with Gasteiger partial charge in [-0.1, -0.05) is 276 Å². The maximum absolute atomic E-state index is 12.9. The molecule has 0 fully saturated rings. The third-order valence-corrected chi connectivity index (χ3v) is 13.6. The predicted molar refractivity (Wildman–Crippen MR) is 298 cm³/mol. The minimum absolute atomic E-state index is 0.0713. The van der Waals surface area contributed by atoms with Gasteiger partial charge in [-0.15, -0.1) is 0 Å². The third kappa shape index (κ3) is 56.4. The minimum Gasteiger partial charge on any atom is -0.462 e. The molecule has 1 unspecified atom stereocenters. The number of unbranched alkanes of at least 4 members (excludes halogenated alkanes) is 40. The maximum atomic E-state index is 12.9. The lowest BCUT2D eigenvalue weighted by molar-refractivity contribution is -0.167. The Kier molecular flexibility index (Phi) is 56.2. The number of ether oxygens (including phenoxy) is 3. The Morgan fingerprint density at radius 3 is 0.855 bits per heavy atom. The Hall–Kier alpha value is -2.37. The molecule has 0 aromatic heterocycles. The summed E-state index contributed by atoms with van der Waals surface area (Å²) in [6.07, 6.45) is 69.9. The molecule has 0 aliphatic carbocycles. The van der Waals surface area contributed by atoms with E-state index in [2.05, 4.69) is 57.2 Å². The molecule has 1 atom stereocenters. The second-order valence-corrected chi connectivity index (χ2v) is 20.6. The van der Waals surface area contributed by atoms with E-state index in [1.54, 1.807) is 0 Å². The first-order chi connectivity index (χ1) is 34.0. The van der Waals surface area contributed by atoms with E-state index >= 15 is 0 Å². The fourth-order valence-electron chi connectivity index (χ4n) is 9.02. The van der Waals surface area contributed by atoms with Gasteiger partial charge in [0.15, 0.2) is 6.10 Å². The van der Waals surface area contributed by atoms with E-state index in [1.807, 2.05) is 0 Å². The molecule has 0 aromatic carbocycles. The van der Waals surface area contributed by atoms with Crippen molar-refractivity contribution in [2.75, 3.05) is 13.2 Å². The highest BCUT2D eigenvalue weighted by Crippen LogP contribution is 2.17. The Morgan fingerprint density at radius 1 is 0.290 bits per heavy atom. The lowest BCUT2D eigenvalue weighted by Crippen LogP contribution is -2.30. The van der Waals surface area contributed by atoms with Gasteiger partial charge in [0.05, 0.1) is 0 Å². The summed E-state index contributed by atoms with van der Waals surface area (Å²) in [6, 6.07) is 0. The largest absolute Gasteiger partial charge is 0.462 e. The summed E-state index contributed by atoms with van der Waals surface area (Å²) < 4.78 is 16.9. The van der Waals surface area contributed by atoms with Gasteiger partial charge in [0.2, 0.25) is 0 Å². The number of rotatable bonds is 56.